The third-order valence-electron chi connectivity index (χ3n) is 2.81. The van der Waals surface area contributed by atoms with E-state index in [4.69, 9.17) is 4.74 Å². The van der Waals surface area contributed by atoms with Gasteiger partial charge in [0.15, 0.2) is 11.9 Å². The third kappa shape index (κ3) is 3.02. The van der Waals surface area contributed by atoms with Crippen LogP contribution in [0.5, 0.6) is 11.6 Å². The molecule has 2 aromatic heterocycles. The summed E-state index contributed by atoms with van der Waals surface area (Å²) < 4.78 is 44.9. The molecule has 0 amide bonds. The normalized spacial score (nSPS) is 11.7. The first kappa shape index (κ1) is 15.4. The van der Waals surface area contributed by atoms with Gasteiger partial charge in [0.2, 0.25) is 5.88 Å². The number of carbonyl (C=O) groups excluding carboxylic acids is 1. The van der Waals surface area contributed by atoms with Crippen LogP contribution in [-0.2, 0) is 6.18 Å². The summed E-state index contributed by atoms with van der Waals surface area (Å²) in [7, 11) is 0. The van der Waals surface area contributed by atoms with Crippen molar-refractivity contribution in [3.8, 4) is 11.6 Å². The lowest BCUT2D eigenvalue weighted by Crippen LogP contribution is -2.12. The van der Waals surface area contributed by atoms with E-state index >= 15 is 0 Å². The predicted molar refractivity (Wildman–Crippen MR) is 75.4 cm³/mol. The zero-order valence-corrected chi connectivity index (χ0v) is 12.7. The highest BCUT2D eigenvalue weighted by atomic mass is 79.9. The van der Waals surface area contributed by atoms with Crippen molar-refractivity contribution in [3.63, 3.8) is 0 Å². The molecule has 0 fully saturated rings. The lowest BCUT2D eigenvalue weighted by atomic mass is 10.2. The average molecular weight is 387 g/mol. The van der Waals surface area contributed by atoms with Gasteiger partial charge in [0, 0.05) is 16.1 Å². The number of aldehydes is 1. The first-order valence-electron chi connectivity index (χ1n) is 6.11. The summed E-state index contributed by atoms with van der Waals surface area (Å²) in [6.45, 7) is 0. The summed E-state index contributed by atoms with van der Waals surface area (Å²) in [6.07, 6.45) is -4.07. The second kappa shape index (κ2) is 5.61. The number of rotatable bonds is 3. The van der Waals surface area contributed by atoms with Crippen LogP contribution in [0.2, 0.25) is 0 Å². The zero-order valence-electron chi connectivity index (χ0n) is 11.1. The topological polar surface area (TPSA) is 69.4 Å². The molecule has 0 radical (unpaired) electrons. The molecular formula is C13H6BrF3N4O2. The summed E-state index contributed by atoms with van der Waals surface area (Å²) >= 11 is 3.19. The van der Waals surface area contributed by atoms with E-state index in [2.05, 4.69) is 31.2 Å². The number of alkyl halides is 3. The number of hydrogen-bond donors (Lipinski definition) is 0. The number of hydrogen-bond acceptors (Lipinski definition) is 5. The molecule has 1 aromatic carbocycles. The number of benzene rings is 1. The maximum absolute atomic E-state index is 12.8. The van der Waals surface area contributed by atoms with E-state index in [0.29, 0.717) is 20.8 Å². The van der Waals surface area contributed by atoms with Crippen LogP contribution in [0.1, 0.15) is 16.2 Å². The van der Waals surface area contributed by atoms with Gasteiger partial charge in [-0.1, -0.05) is 15.9 Å². The molecule has 0 aliphatic heterocycles. The predicted octanol–water partition coefficient (Wildman–Crippen LogP) is 3.51. The molecule has 0 unspecified atom stereocenters. The van der Waals surface area contributed by atoms with E-state index in [-0.39, 0.29) is 17.3 Å². The smallest absolute Gasteiger partial charge is 0.438 e. The van der Waals surface area contributed by atoms with Gasteiger partial charge >= 0.3 is 6.18 Å². The first-order valence-corrected chi connectivity index (χ1v) is 6.90. The maximum Gasteiger partial charge on any atom is 0.453 e. The van der Waals surface area contributed by atoms with E-state index in [1.807, 2.05) is 0 Å². The molecule has 118 valence electrons. The molecule has 23 heavy (non-hydrogen) atoms. The first-order chi connectivity index (χ1) is 10.9. The molecule has 0 aliphatic carbocycles. The molecule has 2 heterocycles. The van der Waals surface area contributed by atoms with Crippen LogP contribution in [0.25, 0.3) is 5.65 Å². The van der Waals surface area contributed by atoms with E-state index in [9.17, 15) is 18.0 Å². The molecule has 0 N–H and O–H groups in total. The molecule has 10 heteroatoms. The quantitative estimate of drug-likeness (QED) is 0.644. The Hall–Kier alpha value is -2.49. The van der Waals surface area contributed by atoms with E-state index < -0.39 is 12.0 Å². The van der Waals surface area contributed by atoms with Gasteiger partial charge in [0.25, 0.3) is 5.82 Å². The van der Waals surface area contributed by atoms with E-state index in [0.717, 1.165) is 0 Å². The fourth-order valence-corrected chi connectivity index (χ4v) is 2.14. The van der Waals surface area contributed by atoms with Gasteiger partial charge in [0.05, 0.1) is 0 Å². The molecule has 0 aliphatic rings. The molecule has 0 saturated heterocycles. The van der Waals surface area contributed by atoms with Crippen molar-refractivity contribution in [2.75, 3.05) is 0 Å². The Bertz CT molecular complexity index is 895. The lowest BCUT2D eigenvalue weighted by Gasteiger charge is -2.07. The Morgan fingerprint density at radius 2 is 1.96 bits per heavy atom. The van der Waals surface area contributed by atoms with Crippen molar-refractivity contribution in [1.82, 2.24) is 19.8 Å². The Balaban J connectivity index is 1.99. The minimum absolute atomic E-state index is 0.0611. The van der Waals surface area contributed by atoms with Gasteiger partial charge in [-0.05, 0) is 24.3 Å². The molecule has 6 nitrogen and oxygen atoms in total. The second-order valence-electron chi connectivity index (χ2n) is 4.37. The molecule has 0 saturated carbocycles. The monoisotopic (exact) mass is 386 g/mol. The van der Waals surface area contributed by atoms with Crippen molar-refractivity contribution in [2.45, 2.75) is 6.18 Å². The highest BCUT2D eigenvalue weighted by Gasteiger charge is 2.37. The van der Waals surface area contributed by atoms with E-state index in [1.54, 1.807) is 12.1 Å². The number of aromatic nitrogens is 4. The average Bonchev–Trinajstić information content (AvgIpc) is 2.92. The van der Waals surface area contributed by atoms with Crippen molar-refractivity contribution >= 4 is 27.9 Å². The van der Waals surface area contributed by atoms with Gasteiger partial charge in [-0.3, -0.25) is 4.79 Å². The lowest BCUT2D eigenvalue weighted by molar-refractivity contribution is -0.146. The minimum Gasteiger partial charge on any atom is -0.438 e. The number of nitrogens with zero attached hydrogens (tertiary/aromatic N) is 4. The van der Waals surface area contributed by atoms with Gasteiger partial charge in [-0.2, -0.15) is 17.7 Å². The minimum atomic E-state index is -4.69. The Morgan fingerprint density at radius 1 is 1.17 bits per heavy atom. The van der Waals surface area contributed by atoms with Crippen LogP contribution >= 0.6 is 15.9 Å². The van der Waals surface area contributed by atoms with E-state index in [1.165, 1.54) is 18.2 Å². The SMILES string of the molecule is O=Cc1cc(Oc2ccc3nnc(C(F)(F)F)n3n2)ccc1Br. The number of ether oxygens (including phenoxy) is 1. The molecule has 3 aromatic rings. The van der Waals surface area contributed by atoms with Crippen LogP contribution < -0.4 is 4.74 Å². The Kier molecular flexibility index (Phi) is 3.76. The molecule has 0 spiro atoms. The Labute approximate surface area is 135 Å². The van der Waals surface area contributed by atoms with Crippen molar-refractivity contribution < 1.29 is 22.7 Å². The Morgan fingerprint density at radius 3 is 2.65 bits per heavy atom. The molecule has 0 atom stereocenters. The van der Waals surface area contributed by atoms with Crippen LogP contribution in [0.4, 0.5) is 13.2 Å². The van der Waals surface area contributed by atoms with Gasteiger partial charge < -0.3 is 4.74 Å². The summed E-state index contributed by atoms with van der Waals surface area (Å²) in [5, 5.41) is 10.2. The summed E-state index contributed by atoms with van der Waals surface area (Å²) in [4.78, 5) is 10.9. The summed E-state index contributed by atoms with van der Waals surface area (Å²) in [5.41, 5.74) is 0.276. The van der Waals surface area contributed by atoms with Gasteiger partial charge in [-0.25, -0.2) is 0 Å². The highest BCUT2D eigenvalue weighted by Crippen LogP contribution is 2.29. The standard InChI is InChI=1S/C13H6BrF3N4O2/c14-9-2-1-8(5-7(9)6-22)23-11-4-3-10-18-19-12(13(15,16)17)21(10)20-11/h1-6H. The number of fused-ring (bicyclic) bond motifs is 1. The number of carbonyl (C=O) groups is 1. The summed E-state index contributed by atoms with van der Waals surface area (Å²) in [6, 6.07) is 7.20. The van der Waals surface area contributed by atoms with Crippen LogP contribution in [0.15, 0.2) is 34.8 Å². The highest BCUT2D eigenvalue weighted by molar-refractivity contribution is 9.10. The molecule has 3 rings (SSSR count). The van der Waals surface area contributed by atoms with Crippen LogP contribution in [-0.4, -0.2) is 26.1 Å². The fourth-order valence-electron chi connectivity index (χ4n) is 1.80. The largest absolute Gasteiger partial charge is 0.453 e. The fraction of sp³-hybridized carbons (Fsp3) is 0.0769. The van der Waals surface area contributed by atoms with Crippen molar-refractivity contribution in [1.29, 1.82) is 0 Å². The van der Waals surface area contributed by atoms with Gasteiger partial charge in [-0.15, -0.1) is 15.3 Å². The maximum atomic E-state index is 12.8. The number of halogens is 4. The van der Waals surface area contributed by atoms with Crippen LogP contribution in [0, 0.1) is 0 Å². The molecule has 0 bridgehead atoms. The molecular weight excluding hydrogens is 381 g/mol. The van der Waals surface area contributed by atoms with Crippen molar-refractivity contribution in [3.05, 3.63) is 46.2 Å². The van der Waals surface area contributed by atoms with Crippen LogP contribution in [0.3, 0.4) is 0 Å². The zero-order chi connectivity index (χ0) is 16.6. The van der Waals surface area contributed by atoms with Gasteiger partial charge in [0.1, 0.15) is 5.75 Å². The summed E-state index contributed by atoms with van der Waals surface area (Å²) in [5.74, 6) is -1.09. The third-order valence-corrected chi connectivity index (χ3v) is 3.53. The van der Waals surface area contributed by atoms with Crippen molar-refractivity contribution in [2.24, 2.45) is 0 Å². The second-order valence-corrected chi connectivity index (χ2v) is 5.22.